The minimum atomic E-state index is -0.782. The fraction of sp³-hybridized carbons (Fsp3) is 0.925. The van der Waals surface area contributed by atoms with Crippen molar-refractivity contribution in [1.29, 1.82) is 0 Å². The number of rotatable bonds is 48. The number of nitrogens with one attached hydrogen (secondary N) is 1. The summed E-state index contributed by atoms with van der Waals surface area (Å²) in [6, 6.07) is -0.696. The largest absolute Gasteiger partial charge is 0.462 e. The summed E-state index contributed by atoms with van der Waals surface area (Å²) in [6.07, 6.45) is 52.7. The number of hydrogen-bond acceptors (Lipinski definition) is 5. The van der Waals surface area contributed by atoms with Crippen LogP contribution in [0.3, 0.4) is 0 Å². The molecule has 6 heteroatoms. The molecule has 59 heavy (non-hydrogen) atoms. The van der Waals surface area contributed by atoms with Gasteiger partial charge in [-0.05, 0) is 51.4 Å². The first kappa shape index (κ1) is 57.6. The Balaban J connectivity index is 4.54. The van der Waals surface area contributed by atoms with E-state index in [4.69, 9.17) is 4.74 Å². The minimum Gasteiger partial charge on any atom is -0.462 e. The highest BCUT2D eigenvalue weighted by atomic mass is 16.5. The lowest BCUT2D eigenvalue weighted by atomic mass is 10.0. The van der Waals surface area contributed by atoms with Crippen molar-refractivity contribution in [2.45, 2.75) is 309 Å². The molecular formula is C53H103NO5. The van der Waals surface area contributed by atoms with Gasteiger partial charge < -0.3 is 20.3 Å². The SMILES string of the molecule is CCCCC/C=C\CCCCCCCC(=O)OC(CCCCCCCCCCCCCCCCC)CC(=O)NC(CO)C(O)CCCCCCCCCCCCCCC. The van der Waals surface area contributed by atoms with Crippen molar-refractivity contribution in [3.63, 3.8) is 0 Å². The van der Waals surface area contributed by atoms with Gasteiger partial charge in [0.2, 0.25) is 5.91 Å². The van der Waals surface area contributed by atoms with Gasteiger partial charge in [-0.25, -0.2) is 0 Å². The first-order valence-electron chi connectivity index (χ1n) is 26.4. The summed E-state index contributed by atoms with van der Waals surface area (Å²) in [7, 11) is 0. The number of allylic oxidation sites excluding steroid dienone is 2. The summed E-state index contributed by atoms with van der Waals surface area (Å²) < 4.78 is 5.93. The Hall–Kier alpha value is -1.40. The molecular weight excluding hydrogens is 731 g/mol. The molecule has 0 aliphatic heterocycles. The monoisotopic (exact) mass is 834 g/mol. The van der Waals surface area contributed by atoms with Gasteiger partial charge in [0.1, 0.15) is 6.10 Å². The maximum atomic E-state index is 13.2. The van der Waals surface area contributed by atoms with Crippen LogP contribution in [0.15, 0.2) is 12.2 Å². The van der Waals surface area contributed by atoms with Gasteiger partial charge in [-0.3, -0.25) is 9.59 Å². The van der Waals surface area contributed by atoms with E-state index in [9.17, 15) is 19.8 Å². The van der Waals surface area contributed by atoms with E-state index in [-0.39, 0.29) is 24.9 Å². The zero-order chi connectivity index (χ0) is 43.1. The summed E-state index contributed by atoms with van der Waals surface area (Å²) >= 11 is 0. The minimum absolute atomic E-state index is 0.0816. The Bertz CT molecular complexity index is 893. The number of ether oxygens (including phenoxy) is 1. The maximum Gasteiger partial charge on any atom is 0.306 e. The molecule has 0 aromatic rings. The van der Waals surface area contributed by atoms with Crippen LogP contribution < -0.4 is 5.32 Å². The van der Waals surface area contributed by atoms with Crippen LogP contribution in [0.2, 0.25) is 0 Å². The molecule has 0 aromatic heterocycles. The molecule has 0 bridgehead atoms. The van der Waals surface area contributed by atoms with Crippen molar-refractivity contribution in [2.24, 2.45) is 0 Å². The van der Waals surface area contributed by atoms with Crippen molar-refractivity contribution >= 4 is 11.9 Å². The normalized spacial score (nSPS) is 13.2. The van der Waals surface area contributed by atoms with E-state index in [0.717, 1.165) is 51.4 Å². The zero-order valence-corrected chi connectivity index (χ0v) is 39.9. The predicted molar refractivity (Wildman–Crippen MR) is 255 cm³/mol. The Kier molecular flexibility index (Phi) is 46.5. The van der Waals surface area contributed by atoms with Gasteiger partial charge >= 0.3 is 5.97 Å². The smallest absolute Gasteiger partial charge is 0.306 e. The molecule has 0 aliphatic carbocycles. The highest BCUT2D eigenvalue weighted by Crippen LogP contribution is 2.19. The quantitative estimate of drug-likeness (QED) is 0.0322. The second-order valence-electron chi connectivity index (χ2n) is 18.3. The van der Waals surface area contributed by atoms with E-state index in [1.807, 2.05) is 0 Å². The molecule has 1 amide bonds. The fourth-order valence-corrected chi connectivity index (χ4v) is 8.31. The number of carbonyl (C=O) groups is 2. The maximum absolute atomic E-state index is 13.2. The molecule has 3 unspecified atom stereocenters. The Morgan fingerprint density at radius 3 is 1.24 bits per heavy atom. The number of aliphatic hydroxyl groups is 2. The van der Waals surface area contributed by atoms with Crippen LogP contribution in [0.1, 0.15) is 290 Å². The molecule has 3 N–H and O–H groups in total. The molecule has 0 rings (SSSR count). The van der Waals surface area contributed by atoms with Gasteiger partial charge in [0.25, 0.3) is 0 Å². The lowest BCUT2D eigenvalue weighted by molar-refractivity contribution is -0.151. The number of esters is 1. The Morgan fingerprint density at radius 1 is 0.475 bits per heavy atom. The van der Waals surface area contributed by atoms with Crippen LogP contribution in [0, 0.1) is 0 Å². The summed E-state index contributed by atoms with van der Waals surface area (Å²) in [5.41, 5.74) is 0. The third-order valence-corrected chi connectivity index (χ3v) is 12.3. The van der Waals surface area contributed by atoms with Crippen LogP contribution in [-0.2, 0) is 14.3 Å². The fourth-order valence-electron chi connectivity index (χ4n) is 8.31. The molecule has 3 atom stereocenters. The van der Waals surface area contributed by atoms with Crippen LogP contribution >= 0.6 is 0 Å². The van der Waals surface area contributed by atoms with E-state index in [1.54, 1.807) is 0 Å². The summed E-state index contributed by atoms with van der Waals surface area (Å²) in [5, 5.41) is 23.8. The number of carbonyl (C=O) groups excluding carboxylic acids is 2. The van der Waals surface area contributed by atoms with Crippen molar-refractivity contribution < 1.29 is 24.5 Å². The molecule has 0 aliphatic rings. The van der Waals surface area contributed by atoms with E-state index >= 15 is 0 Å². The highest BCUT2D eigenvalue weighted by Gasteiger charge is 2.24. The van der Waals surface area contributed by atoms with Gasteiger partial charge in [0.05, 0.1) is 25.2 Å². The lowest BCUT2D eigenvalue weighted by Crippen LogP contribution is -2.46. The molecule has 6 nitrogen and oxygen atoms in total. The van der Waals surface area contributed by atoms with Crippen molar-refractivity contribution in [1.82, 2.24) is 5.32 Å². The highest BCUT2D eigenvalue weighted by molar-refractivity contribution is 5.77. The summed E-state index contributed by atoms with van der Waals surface area (Å²) in [5.74, 6) is -0.466. The Morgan fingerprint density at radius 2 is 0.814 bits per heavy atom. The van der Waals surface area contributed by atoms with Crippen molar-refractivity contribution in [3.8, 4) is 0 Å². The van der Waals surface area contributed by atoms with Crippen molar-refractivity contribution in [2.75, 3.05) is 6.61 Å². The van der Waals surface area contributed by atoms with Crippen LogP contribution in [0.4, 0.5) is 0 Å². The predicted octanol–water partition coefficient (Wildman–Crippen LogP) is 15.7. The van der Waals surface area contributed by atoms with Gasteiger partial charge in [-0.15, -0.1) is 0 Å². The number of aliphatic hydroxyl groups excluding tert-OH is 2. The topological polar surface area (TPSA) is 95.9 Å². The average Bonchev–Trinajstić information content (AvgIpc) is 3.23. The van der Waals surface area contributed by atoms with Gasteiger partial charge in [0, 0.05) is 6.42 Å². The van der Waals surface area contributed by atoms with Crippen LogP contribution in [0.25, 0.3) is 0 Å². The zero-order valence-electron chi connectivity index (χ0n) is 39.9. The summed E-state index contributed by atoms with van der Waals surface area (Å²) in [6.45, 7) is 6.48. The first-order chi connectivity index (χ1) is 29.0. The number of unbranched alkanes of at least 4 members (excludes halogenated alkanes) is 34. The van der Waals surface area contributed by atoms with E-state index < -0.39 is 18.2 Å². The molecule has 0 aromatic carbocycles. The third-order valence-electron chi connectivity index (χ3n) is 12.3. The van der Waals surface area contributed by atoms with Gasteiger partial charge in [-0.2, -0.15) is 0 Å². The van der Waals surface area contributed by atoms with E-state index in [2.05, 4.69) is 38.2 Å². The standard InChI is InChI=1S/C53H103NO5/c1-4-7-10-13-16-19-22-25-26-28-29-32-35-38-41-44-49(59-53(58)46-43-40-37-34-31-24-21-18-15-12-9-6-3)47-52(57)54-50(48-55)51(56)45-42-39-36-33-30-27-23-20-17-14-11-8-5-2/h18,21,49-51,55-56H,4-17,19-20,22-48H2,1-3H3,(H,54,57)/b21-18-. The van der Waals surface area contributed by atoms with E-state index in [1.165, 1.54) is 193 Å². The molecule has 350 valence electrons. The van der Waals surface area contributed by atoms with Crippen LogP contribution in [0.5, 0.6) is 0 Å². The van der Waals surface area contributed by atoms with Gasteiger partial charge in [-0.1, -0.05) is 238 Å². The van der Waals surface area contributed by atoms with Gasteiger partial charge in [0.15, 0.2) is 0 Å². The number of hydrogen-bond donors (Lipinski definition) is 3. The second kappa shape index (κ2) is 47.6. The third kappa shape index (κ3) is 43.1. The number of amides is 1. The molecule has 0 heterocycles. The molecule has 0 saturated heterocycles. The molecule has 0 saturated carbocycles. The summed E-state index contributed by atoms with van der Waals surface area (Å²) in [4.78, 5) is 26.1. The van der Waals surface area contributed by atoms with E-state index in [0.29, 0.717) is 19.3 Å². The van der Waals surface area contributed by atoms with Crippen molar-refractivity contribution in [3.05, 3.63) is 12.2 Å². The lowest BCUT2D eigenvalue weighted by Gasteiger charge is -2.24. The molecule has 0 spiro atoms. The second-order valence-corrected chi connectivity index (χ2v) is 18.3. The Labute approximate surface area is 368 Å². The molecule has 0 fully saturated rings. The first-order valence-corrected chi connectivity index (χ1v) is 26.4. The van der Waals surface area contributed by atoms with Crippen LogP contribution in [-0.4, -0.2) is 46.9 Å². The average molecular weight is 834 g/mol. The molecule has 0 radical (unpaired) electrons.